The number of pyridine rings is 1. The van der Waals surface area contributed by atoms with Crippen LogP contribution in [0.5, 0.6) is 0 Å². The van der Waals surface area contributed by atoms with E-state index in [4.69, 9.17) is 0 Å². The molecular formula is C12H8N2OS. The maximum absolute atomic E-state index is 12.1. The van der Waals surface area contributed by atoms with Crippen LogP contribution in [-0.4, -0.2) is 8.94 Å². The van der Waals surface area contributed by atoms with Gasteiger partial charge in [-0.3, -0.25) is 9.78 Å². The quantitative estimate of drug-likeness (QED) is 0.641. The highest BCUT2D eigenvalue weighted by molar-refractivity contribution is 7.14. The fraction of sp³-hybridized carbons (Fsp3) is 0. The van der Waals surface area contributed by atoms with Gasteiger partial charge in [0.25, 0.3) is 5.56 Å². The SMILES string of the molecule is O=c1c2cnccc2sn1-c1ccccc1. The Hall–Kier alpha value is -1.94. The van der Waals surface area contributed by atoms with Crippen LogP contribution in [0.4, 0.5) is 0 Å². The van der Waals surface area contributed by atoms with Crippen molar-refractivity contribution in [2.75, 3.05) is 0 Å². The Morgan fingerprint density at radius 3 is 2.69 bits per heavy atom. The van der Waals surface area contributed by atoms with Crippen molar-refractivity contribution in [1.82, 2.24) is 8.94 Å². The molecule has 4 heteroatoms. The summed E-state index contributed by atoms with van der Waals surface area (Å²) in [7, 11) is 0. The minimum atomic E-state index is -0.000648. The second-order valence-electron chi connectivity index (χ2n) is 3.40. The molecule has 0 spiro atoms. The van der Waals surface area contributed by atoms with Crippen LogP contribution in [0.25, 0.3) is 15.8 Å². The van der Waals surface area contributed by atoms with Gasteiger partial charge >= 0.3 is 0 Å². The summed E-state index contributed by atoms with van der Waals surface area (Å²) >= 11 is 1.44. The summed E-state index contributed by atoms with van der Waals surface area (Å²) in [6.45, 7) is 0. The van der Waals surface area contributed by atoms with Gasteiger partial charge in [-0.1, -0.05) is 29.7 Å². The average molecular weight is 228 g/mol. The molecule has 2 aromatic heterocycles. The van der Waals surface area contributed by atoms with Crippen molar-refractivity contribution >= 4 is 21.6 Å². The lowest BCUT2D eigenvalue weighted by molar-refractivity contribution is 1.14. The molecular weight excluding hydrogens is 220 g/mol. The average Bonchev–Trinajstić information content (AvgIpc) is 2.69. The maximum Gasteiger partial charge on any atom is 0.274 e. The summed E-state index contributed by atoms with van der Waals surface area (Å²) in [5.74, 6) is 0. The summed E-state index contributed by atoms with van der Waals surface area (Å²) in [4.78, 5) is 16.0. The molecule has 0 aliphatic rings. The topological polar surface area (TPSA) is 34.9 Å². The smallest absolute Gasteiger partial charge is 0.267 e. The zero-order valence-corrected chi connectivity index (χ0v) is 9.15. The summed E-state index contributed by atoms with van der Waals surface area (Å²) in [5.41, 5.74) is 0.896. The van der Waals surface area contributed by atoms with Crippen LogP contribution in [0.15, 0.2) is 53.6 Å². The Morgan fingerprint density at radius 1 is 1.12 bits per heavy atom. The molecule has 0 unspecified atom stereocenters. The first-order chi connectivity index (χ1) is 7.86. The minimum Gasteiger partial charge on any atom is -0.267 e. The van der Waals surface area contributed by atoms with Crippen molar-refractivity contribution in [3.05, 3.63) is 59.1 Å². The Labute approximate surface area is 95.8 Å². The van der Waals surface area contributed by atoms with Gasteiger partial charge in [0.1, 0.15) is 0 Å². The fourth-order valence-corrected chi connectivity index (χ4v) is 2.57. The predicted molar refractivity (Wildman–Crippen MR) is 65.2 cm³/mol. The van der Waals surface area contributed by atoms with Crippen molar-refractivity contribution < 1.29 is 0 Å². The molecule has 1 aromatic carbocycles. The van der Waals surface area contributed by atoms with E-state index in [9.17, 15) is 4.79 Å². The van der Waals surface area contributed by atoms with E-state index in [-0.39, 0.29) is 5.56 Å². The van der Waals surface area contributed by atoms with E-state index in [0.29, 0.717) is 5.39 Å². The number of benzene rings is 1. The van der Waals surface area contributed by atoms with Gasteiger partial charge in [-0.15, -0.1) is 0 Å². The predicted octanol–water partition coefficient (Wildman–Crippen LogP) is 2.45. The molecule has 0 aliphatic heterocycles. The van der Waals surface area contributed by atoms with Crippen molar-refractivity contribution in [1.29, 1.82) is 0 Å². The Bertz CT molecular complexity index is 685. The standard InChI is InChI=1S/C12H8N2OS/c15-12-10-8-13-7-6-11(10)16-14(12)9-4-2-1-3-5-9/h1-8H. The van der Waals surface area contributed by atoms with Crippen molar-refractivity contribution in [3.8, 4) is 5.69 Å². The van der Waals surface area contributed by atoms with Crippen molar-refractivity contribution in [2.24, 2.45) is 0 Å². The van der Waals surface area contributed by atoms with Crippen LogP contribution >= 0.6 is 11.5 Å². The highest BCUT2D eigenvalue weighted by Crippen LogP contribution is 2.18. The first kappa shape index (κ1) is 9.30. The summed E-state index contributed by atoms with van der Waals surface area (Å²) in [6, 6.07) is 11.5. The first-order valence-corrected chi connectivity index (χ1v) is 5.65. The molecule has 0 radical (unpaired) electrons. The van der Waals surface area contributed by atoms with Crippen LogP contribution < -0.4 is 5.56 Å². The first-order valence-electron chi connectivity index (χ1n) is 4.88. The molecule has 0 saturated heterocycles. The number of hydrogen-bond donors (Lipinski definition) is 0. The number of para-hydroxylation sites is 1. The number of fused-ring (bicyclic) bond motifs is 1. The molecule has 0 saturated carbocycles. The molecule has 3 aromatic rings. The van der Waals surface area contributed by atoms with Crippen LogP contribution in [-0.2, 0) is 0 Å². The number of rotatable bonds is 1. The second kappa shape index (κ2) is 3.57. The van der Waals surface area contributed by atoms with Crippen LogP contribution in [0.2, 0.25) is 0 Å². The molecule has 0 fully saturated rings. The molecule has 2 heterocycles. The molecule has 0 aliphatic carbocycles. The monoisotopic (exact) mass is 228 g/mol. The highest BCUT2D eigenvalue weighted by Gasteiger charge is 2.07. The van der Waals surface area contributed by atoms with Gasteiger partial charge in [-0.25, -0.2) is 3.96 Å². The van der Waals surface area contributed by atoms with Crippen molar-refractivity contribution in [2.45, 2.75) is 0 Å². The van der Waals surface area contributed by atoms with Crippen LogP contribution in [0.1, 0.15) is 0 Å². The van der Waals surface area contributed by atoms with E-state index in [0.717, 1.165) is 10.4 Å². The van der Waals surface area contributed by atoms with Gasteiger partial charge in [0, 0.05) is 12.4 Å². The molecule has 0 atom stereocenters. The number of hydrogen-bond acceptors (Lipinski definition) is 3. The van der Waals surface area contributed by atoms with Gasteiger partial charge in [0.05, 0.1) is 15.8 Å². The van der Waals surface area contributed by atoms with Crippen LogP contribution in [0, 0.1) is 0 Å². The third-order valence-electron chi connectivity index (χ3n) is 2.38. The largest absolute Gasteiger partial charge is 0.274 e. The third kappa shape index (κ3) is 1.35. The summed E-state index contributed by atoms with van der Waals surface area (Å²) in [6.07, 6.45) is 3.32. The minimum absolute atomic E-state index is 0.000648. The van der Waals surface area contributed by atoms with Gasteiger partial charge in [0.2, 0.25) is 0 Å². The van der Waals surface area contributed by atoms with E-state index in [1.165, 1.54) is 11.5 Å². The Balaban J connectivity index is 2.34. The van der Waals surface area contributed by atoms with Gasteiger partial charge in [-0.2, -0.15) is 0 Å². The summed E-state index contributed by atoms with van der Waals surface area (Å²) in [5, 5.41) is 0.677. The van der Waals surface area contributed by atoms with E-state index in [1.807, 2.05) is 36.4 Å². The van der Waals surface area contributed by atoms with E-state index in [1.54, 1.807) is 16.4 Å². The zero-order valence-electron chi connectivity index (χ0n) is 8.33. The van der Waals surface area contributed by atoms with Gasteiger partial charge < -0.3 is 0 Å². The normalized spacial score (nSPS) is 10.8. The van der Waals surface area contributed by atoms with Gasteiger partial charge in [-0.05, 0) is 18.2 Å². The Kier molecular flexibility index (Phi) is 2.08. The van der Waals surface area contributed by atoms with Crippen molar-refractivity contribution in [3.63, 3.8) is 0 Å². The highest BCUT2D eigenvalue weighted by atomic mass is 32.1. The lowest BCUT2D eigenvalue weighted by atomic mass is 10.3. The molecule has 0 bridgehead atoms. The lowest BCUT2D eigenvalue weighted by Gasteiger charge is -1.97. The second-order valence-corrected chi connectivity index (χ2v) is 4.39. The molecule has 78 valence electrons. The van der Waals surface area contributed by atoms with Gasteiger partial charge in [0.15, 0.2) is 0 Å². The summed E-state index contributed by atoms with van der Waals surface area (Å²) < 4.78 is 2.65. The maximum atomic E-state index is 12.1. The van der Waals surface area contributed by atoms with E-state index in [2.05, 4.69) is 4.98 Å². The number of nitrogens with zero attached hydrogens (tertiary/aromatic N) is 2. The molecule has 3 rings (SSSR count). The fourth-order valence-electron chi connectivity index (χ4n) is 1.60. The molecule has 16 heavy (non-hydrogen) atoms. The van der Waals surface area contributed by atoms with Crippen LogP contribution in [0.3, 0.4) is 0 Å². The number of aromatic nitrogens is 2. The zero-order chi connectivity index (χ0) is 11.0. The lowest BCUT2D eigenvalue weighted by Crippen LogP contribution is -2.10. The third-order valence-corrected chi connectivity index (χ3v) is 3.49. The Morgan fingerprint density at radius 2 is 1.94 bits per heavy atom. The van der Waals surface area contributed by atoms with E-state index >= 15 is 0 Å². The van der Waals surface area contributed by atoms with E-state index < -0.39 is 0 Å². The molecule has 3 nitrogen and oxygen atoms in total. The molecule has 0 N–H and O–H groups in total. The molecule has 0 amide bonds.